The van der Waals surface area contributed by atoms with Crippen molar-refractivity contribution in [1.29, 1.82) is 0 Å². The van der Waals surface area contributed by atoms with E-state index in [1.807, 2.05) is 24.3 Å². The van der Waals surface area contributed by atoms with Gasteiger partial charge >= 0.3 is 0 Å². The number of carbonyl (C=O) groups is 1. The predicted molar refractivity (Wildman–Crippen MR) is 103 cm³/mol. The summed E-state index contributed by atoms with van der Waals surface area (Å²) < 4.78 is 11.2. The van der Waals surface area contributed by atoms with Gasteiger partial charge in [0.05, 0.1) is 24.2 Å². The Bertz CT molecular complexity index is 977. The normalized spacial score (nSPS) is 14.5. The van der Waals surface area contributed by atoms with Crippen LogP contribution in [0.2, 0.25) is 0 Å². The van der Waals surface area contributed by atoms with Crippen LogP contribution in [0.15, 0.2) is 35.0 Å². The number of ether oxygens (including phenoxy) is 1. The summed E-state index contributed by atoms with van der Waals surface area (Å²) in [5.74, 6) is 1.03. The lowest BCUT2D eigenvalue weighted by Crippen LogP contribution is -2.37. The van der Waals surface area contributed by atoms with Gasteiger partial charge in [-0.15, -0.1) is 0 Å². The van der Waals surface area contributed by atoms with Crippen molar-refractivity contribution in [2.45, 2.75) is 20.3 Å². The van der Waals surface area contributed by atoms with Gasteiger partial charge in [-0.25, -0.2) is 9.97 Å². The maximum absolute atomic E-state index is 13.1. The van der Waals surface area contributed by atoms with Gasteiger partial charge in [0.2, 0.25) is 5.71 Å². The lowest BCUT2D eigenvalue weighted by Gasteiger charge is -2.28. The fourth-order valence-electron chi connectivity index (χ4n) is 3.38. The van der Waals surface area contributed by atoms with Crippen LogP contribution in [0.1, 0.15) is 28.6 Å². The molecule has 1 aliphatic rings. The van der Waals surface area contributed by atoms with Crippen LogP contribution in [0, 0.1) is 6.92 Å². The van der Waals surface area contributed by atoms with Crippen molar-refractivity contribution in [3.8, 4) is 0 Å². The number of hydrogen-bond donors (Lipinski definition) is 1. The molecule has 1 N–H and O–H groups in total. The van der Waals surface area contributed by atoms with Gasteiger partial charge in [-0.1, -0.05) is 19.1 Å². The maximum atomic E-state index is 13.1. The van der Waals surface area contributed by atoms with Crippen LogP contribution in [0.4, 0.5) is 11.5 Å². The van der Waals surface area contributed by atoms with Gasteiger partial charge in [-0.2, -0.15) is 0 Å². The zero-order chi connectivity index (χ0) is 18.8. The second-order valence-electron chi connectivity index (χ2n) is 6.52. The summed E-state index contributed by atoms with van der Waals surface area (Å²) in [5, 5.41) is 3.64. The van der Waals surface area contributed by atoms with Crippen molar-refractivity contribution in [1.82, 2.24) is 9.97 Å². The number of rotatable bonds is 4. The second kappa shape index (κ2) is 7.36. The Balaban J connectivity index is 1.73. The molecule has 3 heterocycles. The Labute approximate surface area is 157 Å². The molecule has 0 spiro atoms. The molecule has 0 saturated carbocycles. The van der Waals surface area contributed by atoms with Crippen LogP contribution in [-0.4, -0.2) is 42.2 Å². The van der Waals surface area contributed by atoms with Crippen LogP contribution in [0.3, 0.4) is 0 Å². The number of aromatic nitrogens is 2. The number of amides is 1. The number of aryl methyl sites for hydroxylation is 2. The lowest BCUT2D eigenvalue weighted by atomic mass is 10.1. The number of furan rings is 1. The third kappa shape index (κ3) is 3.38. The summed E-state index contributed by atoms with van der Waals surface area (Å²) in [4.78, 5) is 23.8. The minimum absolute atomic E-state index is 0.219. The highest BCUT2D eigenvalue weighted by Gasteiger charge is 2.26. The van der Waals surface area contributed by atoms with Crippen molar-refractivity contribution < 1.29 is 13.9 Å². The van der Waals surface area contributed by atoms with Crippen LogP contribution >= 0.6 is 0 Å². The van der Waals surface area contributed by atoms with E-state index >= 15 is 0 Å². The molecule has 2 aromatic heterocycles. The highest BCUT2D eigenvalue weighted by Crippen LogP contribution is 2.32. The van der Waals surface area contributed by atoms with Crippen LogP contribution in [-0.2, 0) is 11.2 Å². The fourth-order valence-corrected chi connectivity index (χ4v) is 3.38. The quantitative estimate of drug-likeness (QED) is 0.764. The maximum Gasteiger partial charge on any atom is 0.260 e. The van der Waals surface area contributed by atoms with Crippen LogP contribution in [0.25, 0.3) is 11.1 Å². The van der Waals surface area contributed by atoms with Gasteiger partial charge in [0, 0.05) is 18.8 Å². The molecule has 0 bridgehead atoms. The molecule has 1 saturated heterocycles. The Morgan fingerprint density at radius 1 is 1.26 bits per heavy atom. The van der Waals surface area contributed by atoms with E-state index in [1.165, 1.54) is 11.9 Å². The van der Waals surface area contributed by atoms with Crippen molar-refractivity contribution >= 4 is 28.5 Å². The molecule has 3 aromatic rings. The van der Waals surface area contributed by atoms with Gasteiger partial charge in [-0.05, 0) is 31.0 Å². The van der Waals surface area contributed by atoms with Gasteiger partial charge in [0.15, 0.2) is 0 Å². The van der Waals surface area contributed by atoms with Crippen molar-refractivity contribution in [2.75, 3.05) is 36.5 Å². The highest BCUT2D eigenvalue weighted by molar-refractivity contribution is 6.15. The number of nitrogens with zero attached hydrogens (tertiary/aromatic N) is 3. The van der Waals surface area contributed by atoms with E-state index in [9.17, 15) is 4.79 Å². The van der Waals surface area contributed by atoms with Gasteiger partial charge in [0.1, 0.15) is 17.9 Å². The monoisotopic (exact) mass is 366 g/mol. The topological polar surface area (TPSA) is 80.5 Å². The van der Waals surface area contributed by atoms with E-state index in [-0.39, 0.29) is 5.91 Å². The highest BCUT2D eigenvalue weighted by atomic mass is 16.5. The minimum atomic E-state index is -0.219. The van der Waals surface area contributed by atoms with Crippen molar-refractivity contribution in [2.24, 2.45) is 0 Å². The summed E-state index contributed by atoms with van der Waals surface area (Å²) >= 11 is 0. The van der Waals surface area contributed by atoms with Gasteiger partial charge in [0.25, 0.3) is 5.91 Å². The molecule has 0 aliphatic carbocycles. The zero-order valence-corrected chi connectivity index (χ0v) is 15.5. The zero-order valence-electron chi connectivity index (χ0n) is 15.5. The van der Waals surface area contributed by atoms with Crippen LogP contribution < -0.4 is 10.2 Å². The smallest absolute Gasteiger partial charge is 0.260 e. The molecule has 0 unspecified atom stereocenters. The number of benzene rings is 1. The summed E-state index contributed by atoms with van der Waals surface area (Å²) in [6.45, 7) is 6.57. The second-order valence-corrected chi connectivity index (χ2v) is 6.52. The average molecular weight is 366 g/mol. The molecule has 1 amide bonds. The number of hydrogen-bond acceptors (Lipinski definition) is 6. The number of anilines is 2. The first-order valence-electron chi connectivity index (χ1n) is 9.14. The first-order chi connectivity index (χ1) is 13.2. The number of fused-ring (bicyclic) bond motifs is 1. The van der Waals surface area contributed by atoms with Crippen LogP contribution in [0.5, 0.6) is 0 Å². The molecule has 7 heteroatoms. The molecular formula is C20H22N4O3. The van der Waals surface area contributed by atoms with E-state index in [0.29, 0.717) is 41.5 Å². The summed E-state index contributed by atoms with van der Waals surface area (Å²) in [5.41, 5.74) is 2.84. The number of carbonyl (C=O) groups excluding carboxylic acids is 1. The molecule has 1 aromatic carbocycles. The Morgan fingerprint density at radius 3 is 2.85 bits per heavy atom. The average Bonchev–Trinajstić information content (AvgIpc) is 3.04. The first-order valence-corrected chi connectivity index (χ1v) is 9.14. The third-order valence-electron chi connectivity index (χ3n) is 4.78. The third-order valence-corrected chi connectivity index (χ3v) is 4.78. The fraction of sp³-hybridized carbons (Fsp3) is 0.350. The summed E-state index contributed by atoms with van der Waals surface area (Å²) in [6, 6.07) is 7.85. The standard InChI is InChI=1S/C20H22N4O3/c1-3-14-5-4-6-15(11-14)23-19(25)16-13(2)27-20-17(16)18(21-12-22-20)24-7-9-26-10-8-24/h4-6,11-12H,3,7-10H2,1-2H3,(H,23,25). The molecular weight excluding hydrogens is 344 g/mol. The molecule has 140 valence electrons. The van der Waals surface area contributed by atoms with E-state index in [2.05, 4.69) is 27.1 Å². The molecule has 7 nitrogen and oxygen atoms in total. The molecule has 1 fully saturated rings. The molecule has 0 radical (unpaired) electrons. The van der Waals surface area contributed by atoms with Gasteiger partial charge < -0.3 is 19.4 Å². The number of nitrogens with one attached hydrogen (secondary N) is 1. The van der Waals surface area contributed by atoms with Gasteiger partial charge in [-0.3, -0.25) is 4.79 Å². The van der Waals surface area contributed by atoms with Crippen molar-refractivity contribution in [3.05, 3.63) is 47.5 Å². The Hall–Kier alpha value is -2.93. The summed E-state index contributed by atoms with van der Waals surface area (Å²) in [6.07, 6.45) is 2.38. The Kier molecular flexibility index (Phi) is 4.77. The molecule has 0 atom stereocenters. The Morgan fingerprint density at radius 2 is 2.07 bits per heavy atom. The molecule has 1 aliphatic heterocycles. The van der Waals surface area contributed by atoms with E-state index in [0.717, 1.165) is 25.2 Å². The minimum Gasteiger partial charge on any atom is -0.442 e. The number of morpholine rings is 1. The van der Waals surface area contributed by atoms with E-state index in [1.54, 1.807) is 6.92 Å². The lowest BCUT2D eigenvalue weighted by molar-refractivity contribution is 0.102. The first kappa shape index (κ1) is 17.5. The largest absolute Gasteiger partial charge is 0.442 e. The van der Waals surface area contributed by atoms with E-state index in [4.69, 9.17) is 9.15 Å². The predicted octanol–water partition coefficient (Wildman–Crippen LogP) is 3.18. The SMILES string of the molecule is CCc1cccc(NC(=O)c2c(C)oc3ncnc(N4CCOCC4)c23)c1. The van der Waals surface area contributed by atoms with Crippen molar-refractivity contribution in [3.63, 3.8) is 0 Å². The molecule has 27 heavy (non-hydrogen) atoms. The van der Waals surface area contributed by atoms with E-state index < -0.39 is 0 Å². The molecule has 4 rings (SSSR count). The summed E-state index contributed by atoms with van der Waals surface area (Å²) in [7, 11) is 0.